The molecule has 0 bridgehead atoms. The van der Waals surface area contributed by atoms with Gasteiger partial charge in [-0.25, -0.2) is 4.90 Å². The highest BCUT2D eigenvalue weighted by atomic mass is 32.1. The number of nitrogens with one attached hydrogen (secondary N) is 1. The molecule has 96 valence electrons. The number of nitrogens with zero attached hydrogens (tertiary/aromatic N) is 4. The van der Waals surface area contributed by atoms with E-state index in [1.54, 1.807) is 11.4 Å². The number of rotatable bonds is 2. The van der Waals surface area contributed by atoms with E-state index in [0.717, 1.165) is 16.4 Å². The third-order valence-corrected chi connectivity index (χ3v) is 2.91. The van der Waals surface area contributed by atoms with Crippen LogP contribution in [0.15, 0.2) is 33.5 Å². The summed E-state index contributed by atoms with van der Waals surface area (Å²) in [6.07, 6.45) is 1.33. The van der Waals surface area contributed by atoms with Crippen molar-refractivity contribution < 1.29 is 14.2 Å². The van der Waals surface area contributed by atoms with Crippen LogP contribution in [0, 0.1) is 5.41 Å². The van der Waals surface area contributed by atoms with E-state index in [9.17, 15) is 4.79 Å². The van der Waals surface area contributed by atoms with Crippen molar-refractivity contribution in [3.63, 3.8) is 0 Å². The number of aromatic nitrogens is 2. The van der Waals surface area contributed by atoms with E-state index in [0.29, 0.717) is 0 Å². The van der Waals surface area contributed by atoms with Gasteiger partial charge >= 0.3 is 0 Å². The molecule has 1 amide bonds. The van der Waals surface area contributed by atoms with E-state index in [1.165, 1.54) is 12.3 Å². The molecule has 0 saturated heterocycles. The summed E-state index contributed by atoms with van der Waals surface area (Å²) in [7, 11) is 0. The van der Waals surface area contributed by atoms with Crippen LogP contribution in [0.2, 0.25) is 0 Å². The number of oxime groups is 1. The topological polar surface area (TPSA) is 105 Å². The Morgan fingerprint density at radius 2 is 2.37 bits per heavy atom. The Hall–Kier alpha value is -2.55. The van der Waals surface area contributed by atoms with E-state index < -0.39 is 5.91 Å². The molecule has 3 rings (SSSR count). The zero-order chi connectivity index (χ0) is 13.2. The van der Waals surface area contributed by atoms with Crippen molar-refractivity contribution in [2.45, 2.75) is 0 Å². The first-order valence-corrected chi connectivity index (χ1v) is 6.04. The van der Waals surface area contributed by atoms with Crippen LogP contribution in [0.1, 0.15) is 10.5 Å². The molecule has 1 aliphatic rings. The number of amides is 1. The molecule has 1 N–H and O–H groups in total. The first kappa shape index (κ1) is 11.5. The quantitative estimate of drug-likeness (QED) is 0.886. The highest BCUT2D eigenvalue weighted by Crippen LogP contribution is 2.18. The molecule has 0 radical (unpaired) electrons. The van der Waals surface area contributed by atoms with E-state index in [4.69, 9.17) is 14.8 Å². The van der Waals surface area contributed by atoms with E-state index in [2.05, 4.69) is 14.7 Å². The molecule has 0 saturated carbocycles. The monoisotopic (exact) mass is 277 g/mol. The number of carbonyl (C=O) groups excluding carboxylic acids is 1. The van der Waals surface area contributed by atoms with Crippen LogP contribution in [-0.2, 0) is 4.84 Å². The fourth-order valence-electron chi connectivity index (χ4n) is 1.52. The Morgan fingerprint density at radius 3 is 2.95 bits per heavy atom. The number of hydrogen-bond acceptors (Lipinski definition) is 8. The van der Waals surface area contributed by atoms with Gasteiger partial charge in [-0.1, -0.05) is 10.3 Å². The fraction of sp³-hybridized carbons (Fsp3) is 0.100. The Labute approximate surface area is 110 Å². The Balaban J connectivity index is 2.02. The lowest BCUT2D eigenvalue weighted by atomic mass is 10.3. The maximum Gasteiger partial charge on any atom is 0.285 e. The zero-order valence-electron chi connectivity index (χ0n) is 9.44. The van der Waals surface area contributed by atoms with Gasteiger partial charge in [0.15, 0.2) is 12.4 Å². The van der Waals surface area contributed by atoms with Gasteiger partial charge in [0.25, 0.3) is 5.91 Å². The van der Waals surface area contributed by atoms with Crippen LogP contribution in [0.5, 0.6) is 0 Å². The van der Waals surface area contributed by atoms with Crippen molar-refractivity contribution in [1.82, 2.24) is 9.53 Å². The Kier molecular flexibility index (Phi) is 2.80. The van der Waals surface area contributed by atoms with Crippen LogP contribution in [0.25, 0.3) is 0 Å². The minimum Gasteiger partial charge on any atom is -0.387 e. The van der Waals surface area contributed by atoms with Gasteiger partial charge < -0.3 is 9.36 Å². The van der Waals surface area contributed by atoms with Crippen LogP contribution < -0.4 is 4.90 Å². The summed E-state index contributed by atoms with van der Waals surface area (Å²) in [5.74, 6) is -0.122. The van der Waals surface area contributed by atoms with Crippen molar-refractivity contribution in [1.29, 1.82) is 5.41 Å². The molecular formula is C10H7N5O3S. The van der Waals surface area contributed by atoms with Crippen molar-refractivity contribution in [2.24, 2.45) is 5.16 Å². The predicted molar refractivity (Wildman–Crippen MR) is 66.5 cm³/mol. The number of carbonyl (C=O) groups is 1. The summed E-state index contributed by atoms with van der Waals surface area (Å²) in [5, 5.41) is 16.8. The first-order chi connectivity index (χ1) is 9.27. The molecule has 0 unspecified atom stereocenters. The summed E-state index contributed by atoms with van der Waals surface area (Å²) in [4.78, 5) is 18.3. The smallest absolute Gasteiger partial charge is 0.285 e. The molecule has 0 aliphatic carbocycles. The molecule has 0 fully saturated rings. The average molecular weight is 277 g/mol. The van der Waals surface area contributed by atoms with Gasteiger partial charge in [-0.15, -0.1) is 0 Å². The van der Waals surface area contributed by atoms with Crippen molar-refractivity contribution in [2.75, 3.05) is 11.5 Å². The van der Waals surface area contributed by atoms with Crippen LogP contribution in [0.4, 0.5) is 5.82 Å². The molecule has 0 atom stereocenters. The van der Waals surface area contributed by atoms with E-state index in [1.807, 2.05) is 0 Å². The molecule has 3 heterocycles. The summed E-state index contributed by atoms with van der Waals surface area (Å²) < 4.78 is 8.70. The normalized spacial score (nSPS) is 14.1. The molecule has 0 aromatic carbocycles. The van der Waals surface area contributed by atoms with Crippen LogP contribution in [0.3, 0.4) is 0 Å². The summed E-state index contributed by atoms with van der Waals surface area (Å²) in [6.45, 7) is 0.0219. The Morgan fingerprint density at radius 1 is 1.47 bits per heavy atom. The predicted octanol–water partition coefficient (Wildman–Crippen LogP) is 1.14. The van der Waals surface area contributed by atoms with Crippen molar-refractivity contribution >= 4 is 34.8 Å². The lowest BCUT2D eigenvalue weighted by Crippen LogP contribution is -2.40. The summed E-state index contributed by atoms with van der Waals surface area (Å²) >= 11 is 1.16. The molecule has 2 aromatic rings. The molecule has 1 aliphatic heterocycles. The molecule has 8 nitrogen and oxygen atoms in total. The van der Waals surface area contributed by atoms with Crippen molar-refractivity contribution in [3.05, 3.63) is 29.5 Å². The highest BCUT2D eigenvalue weighted by molar-refractivity contribution is 7.03. The summed E-state index contributed by atoms with van der Waals surface area (Å²) in [5.41, 5.74) is 0.335. The van der Waals surface area contributed by atoms with Crippen LogP contribution >= 0.6 is 11.5 Å². The van der Waals surface area contributed by atoms with E-state index in [-0.39, 0.29) is 29.7 Å². The molecule has 9 heteroatoms. The largest absolute Gasteiger partial charge is 0.387 e. The number of anilines is 1. The second kappa shape index (κ2) is 4.61. The third-order valence-electron chi connectivity index (χ3n) is 2.35. The number of amidine groups is 1. The maximum absolute atomic E-state index is 12.4. The minimum atomic E-state index is -0.441. The number of hydrogen-bond donors (Lipinski definition) is 1. The standard InChI is InChI=1S/C10H7N5O3S/c11-6-5-18-13-9(6)15(8-1-3-17-12-8)10(16)7-2-4-19-14-7/h1-4,11H,5H2. The lowest BCUT2D eigenvalue weighted by molar-refractivity contribution is 0.0996. The van der Waals surface area contributed by atoms with Gasteiger partial charge in [-0.05, 0) is 17.6 Å². The van der Waals surface area contributed by atoms with E-state index >= 15 is 0 Å². The highest BCUT2D eigenvalue weighted by Gasteiger charge is 2.32. The minimum absolute atomic E-state index is 0.0219. The van der Waals surface area contributed by atoms with Gasteiger partial charge in [-0.2, -0.15) is 4.37 Å². The van der Waals surface area contributed by atoms with Crippen LogP contribution in [-0.4, -0.2) is 33.6 Å². The molecule has 0 spiro atoms. The van der Waals surface area contributed by atoms with Gasteiger partial charge in [0.1, 0.15) is 17.7 Å². The Bertz CT molecular complexity index is 634. The third kappa shape index (κ3) is 1.99. The summed E-state index contributed by atoms with van der Waals surface area (Å²) in [6, 6.07) is 3.08. The maximum atomic E-state index is 12.4. The average Bonchev–Trinajstić information content (AvgIpc) is 3.11. The molecular weight excluding hydrogens is 270 g/mol. The fourth-order valence-corrected chi connectivity index (χ4v) is 2.02. The molecule has 19 heavy (non-hydrogen) atoms. The lowest BCUT2D eigenvalue weighted by Gasteiger charge is -2.16. The van der Waals surface area contributed by atoms with Gasteiger partial charge in [-0.3, -0.25) is 10.2 Å². The van der Waals surface area contributed by atoms with Crippen molar-refractivity contribution in [3.8, 4) is 0 Å². The SMILES string of the molecule is N=C1CON=C1N(C(=O)c1ccsn1)c1ccon1. The zero-order valence-corrected chi connectivity index (χ0v) is 10.3. The van der Waals surface area contributed by atoms with Gasteiger partial charge in [0.05, 0.1) is 0 Å². The second-order valence-corrected chi connectivity index (χ2v) is 4.22. The van der Waals surface area contributed by atoms with Gasteiger partial charge in [0, 0.05) is 11.4 Å². The molecule has 2 aromatic heterocycles. The second-order valence-electron chi connectivity index (χ2n) is 3.55. The van der Waals surface area contributed by atoms with Gasteiger partial charge in [0.2, 0.25) is 5.84 Å². The first-order valence-electron chi connectivity index (χ1n) is 5.20.